The van der Waals surface area contributed by atoms with E-state index in [9.17, 15) is 0 Å². The maximum Gasteiger partial charge on any atom is 0.202 e. The van der Waals surface area contributed by atoms with Gasteiger partial charge in [-0.15, -0.1) is 0 Å². The van der Waals surface area contributed by atoms with Gasteiger partial charge in [0.25, 0.3) is 0 Å². The highest BCUT2D eigenvalue weighted by atomic mass is 79.9. The van der Waals surface area contributed by atoms with Crippen molar-refractivity contribution in [2.24, 2.45) is 0 Å². The van der Waals surface area contributed by atoms with Gasteiger partial charge >= 0.3 is 0 Å². The minimum absolute atomic E-state index is 0.600. The zero-order valence-electron chi connectivity index (χ0n) is 17.4. The Morgan fingerprint density at radius 3 is 2.03 bits per heavy atom. The maximum absolute atomic E-state index is 8.72. The summed E-state index contributed by atoms with van der Waals surface area (Å²) in [5.41, 5.74) is 2.91. The fourth-order valence-electron chi connectivity index (χ4n) is 3.74. The average molecular weight is 458 g/mol. The van der Waals surface area contributed by atoms with Crippen molar-refractivity contribution in [2.75, 3.05) is 6.61 Å². The van der Waals surface area contributed by atoms with Gasteiger partial charge in [-0.2, -0.15) is 0 Å². The van der Waals surface area contributed by atoms with Crippen molar-refractivity contribution in [3.05, 3.63) is 58.6 Å². The molecule has 3 aromatic rings. The van der Waals surface area contributed by atoms with Gasteiger partial charge in [0.15, 0.2) is 0 Å². The minimum atomic E-state index is 0.600. The summed E-state index contributed by atoms with van der Waals surface area (Å²) >= 11 is 3.44. The summed E-state index contributed by atoms with van der Waals surface area (Å²) in [6.07, 6.45) is 8.50. The number of aryl methyl sites for hydroxylation is 2. The Balaban J connectivity index is 1.59. The van der Waals surface area contributed by atoms with Crippen LogP contribution in [0, 0.1) is 5.41 Å². The first kappa shape index (κ1) is 21.7. The number of nitrogens with zero attached hydrogens (tertiary/aromatic N) is 2. The van der Waals surface area contributed by atoms with Gasteiger partial charge in [0, 0.05) is 17.6 Å². The van der Waals surface area contributed by atoms with Crippen molar-refractivity contribution in [2.45, 2.75) is 65.0 Å². The molecule has 0 radical (unpaired) electrons. The molecule has 0 aliphatic carbocycles. The van der Waals surface area contributed by atoms with Gasteiger partial charge in [-0.1, -0.05) is 67.1 Å². The molecule has 0 aliphatic rings. The Morgan fingerprint density at radius 1 is 0.793 bits per heavy atom. The predicted octanol–water partition coefficient (Wildman–Crippen LogP) is 6.51. The third-order valence-electron chi connectivity index (χ3n) is 5.32. The molecule has 4 nitrogen and oxygen atoms in total. The van der Waals surface area contributed by atoms with Crippen LogP contribution in [0.4, 0.5) is 0 Å². The number of hydrogen-bond acceptors (Lipinski definition) is 2. The number of halogens is 1. The summed E-state index contributed by atoms with van der Waals surface area (Å²) in [6, 6.07) is 16.3. The van der Waals surface area contributed by atoms with Crippen LogP contribution in [0.1, 0.15) is 51.9 Å². The third-order valence-corrected chi connectivity index (χ3v) is 5.85. The summed E-state index contributed by atoms with van der Waals surface area (Å²) in [5.74, 6) is 0.884. The van der Waals surface area contributed by atoms with Gasteiger partial charge in [0.2, 0.25) is 5.62 Å². The molecule has 0 fully saturated rings. The van der Waals surface area contributed by atoms with E-state index < -0.39 is 0 Å². The summed E-state index contributed by atoms with van der Waals surface area (Å²) in [7, 11) is 0. The van der Waals surface area contributed by atoms with Crippen molar-refractivity contribution >= 4 is 27.0 Å². The van der Waals surface area contributed by atoms with E-state index in [1.807, 2.05) is 24.3 Å². The number of unbranched alkanes of at least 4 members (excludes halogenated alkanes) is 5. The van der Waals surface area contributed by atoms with E-state index in [1.54, 1.807) is 0 Å². The second-order valence-corrected chi connectivity index (χ2v) is 8.45. The first-order chi connectivity index (χ1) is 14.2. The van der Waals surface area contributed by atoms with Crippen LogP contribution in [-0.4, -0.2) is 15.7 Å². The molecule has 5 heteroatoms. The Morgan fingerprint density at radius 2 is 1.38 bits per heavy atom. The quantitative estimate of drug-likeness (QED) is 0.309. The molecule has 1 heterocycles. The molecule has 0 spiro atoms. The second kappa shape index (κ2) is 11.2. The van der Waals surface area contributed by atoms with Gasteiger partial charge < -0.3 is 13.9 Å². The van der Waals surface area contributed by atoms with Crippen LogP contribution in [-0.2, 0) is 13.1 Å². The van der Waals surface area contributed by atoms with Crippen LogP contribution in [0.15, 0.2) is 53.0 Å². The first-order valence-electron chi connectivity index (χ1n) is 10.8. The number of aromatic nitrogens is 2. The first-order valence-corrected chi connectivity index (χ1v) is 11.6. The van der Waals surface area contributed by atoms with Crippen LogP contribution in [0.2, 0.25) is 0 Å². The van der Waals surface area contributed by atoms with E-state index in [1.165, 1.54) is 37.6 Å². The molecule has 0 saturated heterocycles. The number of para-hydroxylation sites is 2. The SMILES string of the molecule is CCCCCCCCn1c(=N)n(CCCOc2ccc(Br)cc2)c2ccccc21. The normalized spacial score (nSPS) is 11.2. The maximum atomic E-state index is 8.72. The number of rotatable bonds is 12. The zero-order valence-corrected chi connectivity index (χ0v) is 19.0. The van der Waals surface area contributed by atoms with Crippen molar-refractivity contribution in [3.8, 4) is 5.75 Å². The van der Waals surface area contributed by atoms with E-state index in [-0.39, 0.29) is 0 Å². The molecule has 0 amide bonds. The van der Waals surface area contributed by atoms with Gasteiger partial charge in [-0.05, 0) is 49.2 Å². The summed E-state index contributed by atoms with van der Waals surface area (Å²) in [4.78, 5) is 0. The smallest absolute Gasteiger partial charge is 0.202 e. The fourth-order valence-corrected chi connectivity index (χ4v) is 4.01. The molecule has 2 aromatic carbocycles. The number of hydrogen-bond donors (Lipinski definition) is 1. The minimum Gasteiger partial charge on any atom is -0.494 e. The lowest BCUT2D eigenvalue weighted by Gasteiger charge is -2.08. The number of benzene rings is 2. The molecule has 0 unspecified atom stereocenters. The highest BCUT2D eigenvalue weighted by Crippen LogP contribution is 2.17. The molecule has 1 N–H and O–H groups in total. The van der Waals surface area contributed by atoms with Crippen LogP contribution in [0.3, 0.4) is 0 Å². The molecule has 156 valence electrons. The van der Waals surface area contributed by atoms with Crippen molar-refractivity contribution in [1.82, 2.24) is 9.13 Å². The van der Waals surface area contributed by atoms with Gasteiger partial charge in [0.1, 0.15) is 5.75 Å². The molecule has 0 atom stereocenters. The Hall–Kier alpha value is -2.01. The van der Waals surface area contributed by atoms with Gasteiger partial charge in [-0.25, -0.2) is 0 Å². The van der Waals surface area contributed by atoms with Crippen LogP contribution in [0.25, 0.3) is 11.0 Å². The van der Waals surface area contributed by atoms with Crippen molar-refractivity contribution in [1.29, 1.82) is 5.41 Å². The number of fused-ring (bicyclic) bond motifs is 1. The second-order valence-electron chi connectivity index (χ2n) is 7.54. The van der Waals surface area contributed by atoms with Crippen LogP contribution < -0.4 is 10.4 Å². The van der Waals surface area contributed by atoms with Gasteiger partial charge in [0.05, 0.1) is 17.6 Å². The monoisotopic (exact) mass is 457 g/mol. The van der Waals surface area contributed by atoms with Crippen LogP contribution in [0.5, 0.6) is 5.75 Å². The van der Waals surface area contributed by atoms with Crippen molar-refractivity contribution < 1.29 is 4.74 Å². The highest BCUT2D eigenvalue weighted by molar-refractivity contribution is 9.10. The lowest BCUT2D eigenvalue weighted by atomic mass is 10.1. The molecule has 1 aromatic heterocycles. The molecule has 0 bridgehead atoms. The molecule has 0 saturated carbocycles. The predicted molar refractivity (Wildman–Crippen MR) is 123 cm³/mol. The Labute approximate surface area is 182 Å². The zero-order chi connectivity index (χ0) is 20.5. The standard InChI is InChI=1S/C24H32BrN3O/c1-2-3-4-5-6-9-17-27-22-11-7-8-12-23(22)28(24(27)26)18-10-19-29-21-15-13-20(25)14-16-21/h7-8,11-16,26H,2-6,9-10,17-19H2,1H3. The van der Waals surface area contributed by atoms with E-state index in [4.69, 9.17) is 10.1 Å². The Kier molecular flexibility index (Phi) is 8.41. The van der Waals surface area contributed by atoms with E-state index in [0.717, 1.165) is 41.7 Å². The summed E-state index contributed by atoms with van der Waals surface area (Å²) in [6.45, 7) is 4.61. The largest absolute Gasteiger partial charge is 0.494 e. The molecular weight excluding hydrogens is 426 g/mol. The molecule has 3 rings (SSSR count). The number of nitrogens with one attached hydrogen (secondary N) is 1. The van der Waals surface area contributed by atoms with E-state index >= 15 is 0 Å². The van der Waals surface area contributed by atoms with Crippen LogP contribution >= 0.6 is 15.9 Å². The number of imidazole rings is 1. The molecular formula is C24H32BrN3O. The lowest BCUT2D eigenvalue weighted by molar-refractivity contribution is 0.301. The summed E-state index contributed by atoms with van der Waals surface area (Å²) < 4.78 is 11.2. The van der Waals surface area contributed by atoms with E-state index in [2.05, 4.69) is 56.3 Å². The Bertz CT molecular complexity index is 943. The van der Waals surface area contributed by atoms with E-state index in [0.29, 0.717) is 12.2 Å². The topological polar surface area (TPSA) is 42.9 Å². The third kappa shape index (κ3) is 5.99. The molecule has 0 aliphatic heterocycles. The van der Waals surface area contributed by atoms with Gasteiger partial charge in [-0.3, -0.25) is 5.41 Å². The average Bonchev–Trinajstić information content (AvgIpc) is 3.00. The van der Waals surface area contributed by atoms with Crippen molar-refractivity contribution in [3.63, 3.8) is 0 Å². The highest BCUT2D eigenvalue weighted by Gasteiger charge is 2.10. The fraction of sp³-hybridized carbons (Fsp3) is 0.458. The lowest BCUT2D eigenvalue weighted by Crippen LogP contribution is -2.25. The number of ether oxygens (including phenoxy) is 1. The summed E-state index contributed by atoms with van der Waals surface area (Å²) in [5, 5.41) is 8.72. The molecule has 29 heavy (non-hydrogen) atoms.